The van der Waals surface area contributed by atoms with Crippen molar-refractivity contribution in [2.75, 3.05) is 6.61 Å². The lowest BCUT2D eigenvalue weighted by molar-refractivity contribution is -0.147. The fourth-order valence-electron chi connectivity index (χ4n) is 1.02. The summed E-state index contributed by atoms with van der Waals surface area (Å²) >= 11 is 0. The third-order valence-corrected chi connectivity index (χ3v) is 1.98. The maximum Gasteiger partial charge on any atom is 0.331 e. The second kappa shape index (κ2) is 5.42. The Morgan fingerprint density at radius 2 is 1.93 bits per heavy atom. The number of ether oxygens (including phenoxy) is 2. The van der Waals surface area contributed by atoms with E-state index >= 15 is 0 Å². The van der Waals surface area contributed by atoms with E-state index in [0.717, 1.165) is 31.4 Å². The van der Waals surface area contributed by atoms with Crippen molar-refractivity contribution >= 4 is 11.9 Å². The average Bonchev–Trinajstić information content (AvgIpc) is 2.09. The van der Waals surface area contributed by atoms with Crippen LogP contribution in [-0.2, 0) is 19.1 Å². The van der Waals surface area contributed by atoms with Crippen molar-refractivity contribution in [3.63, 3.8) is 0 Å². The molecule has 0 aromatic rings. The molecule has 14 heavy (non-hydrogen) atoms. The van der Waals surface area contributed by atoms with E-state index in [1.54, 1.807) is 6.92 Å². The SMILES string of the molecule is CCOC(=O)/C=C/C(=O)OC1CCC1. The molecule has 0 aromatic heterocycles. The van der Waals surface area contributed by atoms with E-state index in [-0.39, 0.29) is 6.10 Å². The fraction of sp³-hybridized carbons (Fsp3) is 0.600. The van der Waals surface area contributed by atoms with Crippen LogP contribution >= 0.6 is 0 Å². The molecule has 0 aliphatic heterocycles. The minimum Gasteiger partial charge on any atom is -0.463 e. The molecule has 0 bridgehead atoms. The van der Waals surface area contributed by atoms with Gasteiger partial charge < -0.3 is 9.47 Å². The lowest BCUT2D eigenvalue weighted by atomic mass is 9.96. The van der Waals surface area contributed by atoms with Crippen molar-refractivity contribution < 1.29 is 19.1 Å². The molecule has 78 valence electrons. The summed E-state index contributed by atoms with van der Waals surface area (Å²) in [5.74, 6) is -0.985. The van der Waals surface area contributed by atoms with Gasteiger partial charge in [0.2, 0.25) is 0 Å². The van der Waals surface area contributed by atoms with E-state index in [1.807, 2.05) is 0 Å². The van der Waals surface area contributed by atoms with E-state index < -0.39 is 11.9 Å². The van der Waals surface area contributed by atoms with Crippen molar-refractivity contribution in [2.45, 2.75) is 32.3 Å². The number of carbonyl (C=O) groups is 2. The topological polar surface area (TPSA) is 52.6 Å². The molecule has 0 heterocycles. The van der Waals surface area contributed by atoms with E-state index in [2.05, 4.69) is 4.74 Å². The Balaban J connectivity index is 2.20. The molecule has 0 radical (unpaired) electrons. The van der Waals surface area contributed by atoms with Crippen LogP contribution < -0.4 is 0 Å². The molecule has 1 fully saturated rings. The summed E-state index contributed by atoms with van der Waals surface area (Å²) in [7, 11) is 0. The van der Waals surface area contributed by atoms with Gasteiger partial charge in [0, 0.05) is 12.2 Å². The van der Waals surface area contributed by atoms with Gasteiger partial charge >= 0.3 is 11.9 Å². The third-order valence-electron chi connectivity index (χ3n) is 1.98. The van der Waals surface area contributed by atoms with Gasteiger partial charge in [0.25, 0.3) is 0 Å². The van der Waals surface area contributed by atoms with Crippen LogP contribution in [0.1, 0.15) is 26.2 Å². The van der Waals surface area contributed by atoms with Gasteiger partial charge in [0.1, 0.15) is 6.10 Å². The Labute approximate surface area is 82.9 Å². The van der Waals surface area contributed by atoms with Crippen LogP contribution in [0.25, 0.3) is 0 Å². The maximum absolute atomic E-state index is 11.0. The third kappa shape index (κ3) is 3.60. The first kappa shape index (κ1) is 10.8. The fourth-order valence-corrected chi connectivity index (χ4v) is 1.02. The molecule has 1 saturated carbocycles. The zero-order valence-electron chi connectivity index (χ0n) is 8.19. The summed E-state index contributed by atoms with van der Waals surface area (Å²) in [4.78, 5) is 21.8. The zero-order valence-corrected chi connectivity index (χ0v) is 8.19. The Morgan fingerprint density at radius 1 is 1.29 bits per heavy atom. The smallest absolute Gasteiger partial charge is 0.331 e. The highest BCUT2D eigenvalue weighted by molar-refractivity contribution is 5.91. The molecule has 1 aliphatic rings. The summed E-state index contributed by atoms with van der Waals surface area (Å²) in [6, 6.07) is 0. The minimum atomic E-state index is -0.516. The lowest BCUT2D eigenvalue weighted by Crippen LogP contribution is -2.24. The molecule has 0 saturated heterocycles. The van der Waals surface area contributed by atoms with Crippen LogP contribution in [0.15, 0.2) is 12.2 Å². The first-order valence-electron chi connectivity index (χ1n) is 4.78. The standard InChI is InChI=1S/C10H14O4/c1-2-13-9(11)6-7-10(12)14-8-4-3-5-8/h6-8H,2-5H2,1H3/b7-6+. The molecule has 4 heteroatoms. The second-order valence-electron chi connectivity index (χ2n) is 3.08. The highest BCUT2D eigenvalue weighted by Crippen LogP contribution is 2.21. The van der Waals surface area contributed by atoms with E-state index in [4.69, 9.17) is 4.74 Å². The van der Waals surface area contributed by atoms with Crippen LogP contribution in [-0.4, -0.2) is 24.6 Å². The minimum absolute atomic E-state index is 0.0503. The van der Waals surface area contributed by atoms with Gasteiger partial charge in [-0.1, -0.05) is 0 Å². The number of hydrogen-bond donors (Lipinski definition) is 0. The molecule has 0 atom stereocenters. The molecular weight excluding hydrogens is 184 g/mol. The van der Waals surface area contributed by atoms with Gasteiger partial charge in [-0.2, -0.15) is 0 Å². The Morgan fingerprint density at radius 3 is 2.43 bits per heavy atom. The molecule has 0 unspecified atom stereocenters. The van der Waals surface area contributed by atoms with Crippen molar-refractivity contribution in [2.24, 2.45) is 0 Å². The predicted molar refractivity (Wildman–Crippen MR) is 49.5 cm³/mol. The lowest BCUT2D eigenvalue weighted by Gasteiger charge is -2.24. The van der Waals surface area contributed by atoms with Crippen LogP contribution in [0.2, 0.25) is 0 Å². The largest absolute Gasteiger partial charge is 0.463 e. The van der Waals surface area contributed by atoms with Gasteiger partial charge in [-0.15, -0.1) is 0 Å². The Kier molecular flexibility index (Phi) is 4.16. The van der Waals surface area contributed by atoms with Gasteiger partial charge in [0.15, 0.2) is 0 Å². The van der Waals surface area contributed by atoms with Gasteiger partial charge in [0.05, 0.1) is 6.61 Å². The van der Waals surface area contributed by atoms with E-state index in [1.165, 1.54) is 0 Å². The molecule has 1 rings (SSSR count). The highest BCUT2D eigenvalue weighted by atomic mass is 16.5. The molecule has 0 spiro atoms. The molecule has 0 aromatic carbocycles. The number of hydrogen-bond acceptors (Lipinski definition) is 4. The summed E-state index contributed by atoms with van der Waals surface area (Å²) in [6.45, 7) is 2.01. The van der Waals surface area contributed by atoms with Crippen LogP contribution in [0.3, 0.4) is 0 Å². The summed E-state index contributed by atoms with van der Waals surface area (Å²) in [5.41, 5.74) is 0. The van der Waals surface area contributed by atoms with E-state index in [0.29, 0.717) is 6.61 Å². The van der Waals surface area contributed by atoms with Crippen molar-refractivity contribution in [1.29, 1.82) is 0 Å². The van der Waals surface area contributed by atoms with Gasteiger partial charge in [-0.25, -0.2) is 9.59 Å². The highest BCUT2D eigenvalue weighted by Gasteiger charge is 2.20. The first-order chi connectivity index (χ1) is 6.72. The molecule has 1 aliphatic carbocycles. The second-order valence-corrected chi connectivity index (χ2v) is 3.08. The summed E-state index contributed by atoms with van der Waals surface area (Å²) < 4.78 is 9.59. The monoisotopic (exact) mass is 198 g/mol. The number of rotatable bonds is 4. The first-order valence-corrected chi connectivity index (χ1v) is 4.78. The molecular formula is C10H14O4. The van der Waals surface area contributed by atoms with Crippen LogP contribution in [0.5, 0.6) is 0 Å². The average molecular weight is 198 g/mol. The number of esters is 2. The Hall–Kier alpha value is -1.32. The van der Waals surface area contributed by atoms with Crippen LogP contribution in [0, 0.1) is 0 Å². The molecule has 4 nitrogen and oxygen atoms in total. The zero-order chi connectivity index (χ0) is 10.4. The summed E-state index contributed by atoms with van der Waals surface area (Å²) in [5, 5.41) is 0. The molecule has 0 amide bonds. The number of carbonyl (C=O) groups excluding carboxylic acids is 2. The Bertz CT molecular complexity index is 241. The normalized spacial score (nSPS) is 16.4. The maximum atomic E-state index is 11.0. The van der Waals surface area contributed by atoms with Crippen LogP contribution in [0.4, 0.5) is 0 Å². The van der Waals surface area contributed by atoms with Crippen molar-refractivity contribution in [1.82, 2.24) is 0 Å². The van der Waals surface area contributed by atoms with Crippen molar-refractivity contribution in [3.05, 3.63) is 12.2 Å². The van der Waals surface area contributed by atoms with Gasteiger partial charge in [-0.05, 0) is 26.2 Å². The van der Waals surface area contributed by atoms with Gasteiger partial charge in [-0.3, -0.25) is 0 Å². The van der Waals surface area contributed by atoms with E-state index in [9.17, 15) is 9.59 Å². The van der Waals surface area contributed by atoms with Crippen molar-refractivity contribution in [3.8, 4) is 0 Å². The molecule has 0 N–H and O–H groups in total. The summed E-state index contributed by atoms with van der Waals surface area (Å²) in [6.07, 6.45) is 5.22. The quantitative estimate of drug-likeness (QED) is 0.503. The predicted octanol–water partition coefficient (Wildman–Crippen LogP) is 1.20.